The highest BCUT2D eigenvalue weighted by Gasteiger charge is 2.16. The van der Waals surface area contributed by atoms with E-state index in [0.717, 1.165) is 5.39 Å². The molecule has 0 saturated heterocycles. The Morgan fingerprint density at radius 3 is 2.70 bits per heavy atom. The number of para-hydroxylation sites is 1. The lowest BCUT2D eigenvalue weighted by Gasteiger charge is -2.01. The van der Waals surface area contributed by atoms with E-state index in [9.17, 15) is 9.18 Å². The number of esters is 1. The summed E-state index contributed by atoms with van der Waals surface area (Å²) in [5, 5.41) is 4.54. The molecule has 27 heavy (non-hydrogen) atoms. The number of hydrogen-bond donors (Lipinski definition) is 0. The van der Waals surface area contributed by atoms with Crippen LogP contribution in [0.15, 0.2) is 63.5 Å². The van der Waals surface area contributed by atoms with Crippen LogP contribution in [-0.2, 0) is 18.0 Å². The van der Waals surface area contributed by atoms with Crippen LogP contribution in [-0.4, -0.2) is 16.1 Å². The Balaban J connectivity index is 1.32. The maximum Gasteiger partial charge on any atom is 0.374 e. The fourth-order valence-electron chi connectivity index (χ4n) is 2.37. The number of furan rings is 1. The quantitative estimate of drug-likeness (QED) is 0.477. The van der Waals surface area contributed by atoms with Gasteiger partial charge < -0.3 is 18.4 Å². The van der Waals surface area contributed by atoms with Gasteiger partial charge in [-0.3, -0.25) is 0 Å². The standard InChI is InChI=1S/C19H13FN2O5/c20-13-5-7-14(8-6-13)24-10-17-21-18(27-22-17)11-25-19(23)16-9-12-3-1-2-4-15(12)26-16/h1-9H,10-11H2. The smallest absolute Gasteiger partial charge is 0.374 e. The average Bonchev–Trinajstić information content (AvgIpc) is 3.32. The van der Waals surface area contributed by atoms with E-state index in [-0.39, 0.29) is 36.5 Å². The molecule has 0 fully saturated rings. The van der Waals surface area contributed by atoms with Gasteiger partial charge in [0.05, 0.1) is 0 Å². The van der Waals surface area contributed by atoms with Crippen molar-refractivity contribution in [3.05, 3.63) is 77.9 Å². The molecular weight excluding hydrogens is 355 g/mol. The van der Waals surface area contributed by atoms with Crippen LogP contribution in [0.4, 0.5) is 4.39 Å². The van der Waals surface area contributed by atoms with Gasteiger partial charge in [0, 0.05) is 5.39 Å². The molecule has 2 heterocycles. The largest absolute Gasteiger partial charge is 0.485 e. The zero-order chi connectivity index (χ0) is 18.6. The molecule has 2 aromatic carbocycles. The molecule has 0 unspecified atom stereocenters. The van der Waals surface area contributed by atoms with Crippen LogP contribution in [0, 0.1) is 5.82 Å². The van der Waals surface area contributed by atoms with Gasteiger partial charge in [0.25, 0.3) is 5.89 Å². The minimum absolute atomic E-state index is 0.0344. The summed E-state index contributed by atoms with van der Waals surface area (Å²) in [6.07, 6.45) is 0. The van der Waals surface area contributed by atoms with Gasteiger partial charge in [-0.2, -0.15) is 4.98 Å². The van der Waals surface area contributed by atoms with Crippen molar-refractivity contribution in [2.24, 2.45) is 0 Å². The summed E-state index contributed by atoms with van der Waals surface area (Å²) in [6.45, 7) is -0.161. The lowest BCUT2D eigenvalue weighted by atomic mass is 10.2. The molecule has 8 heteroatoms. The Hall–Kier alpha value is -3.68. The molecular formula is C19H13FN2O5. The lowest BCUT2D eigenvalue weighted by Crippen LogP contribution is -2.04. The van der Waals surface area contributed by atoms with Crippen LogP contribution >= 0.6 is 0 Å². The Labute approximate surface area is 152 Å². The highest BCUT2D eigenvalue weighted by Crippen LogP contribution is 2.19. The van der Waals surface area contributed by atoms with Crippen molar-refractivity contribution in [3.8, 4) is 5.75 Å². The Morgan fingerprint density at radius 2 is 1.89 bits per heavy atom. The van der Waals surface area contributed by atoms with E-state index in [1.165, 1.54) is 24.3 Å². The SMILES string of the molecule is O=C(OCc1nc(COc2ccc(F)cc2)no1)c1cc2ccccc2o1. The van der Waals surface area contributed by atoms with Crippen LogP contribution in [0.25, 0.3) is 11.0 Å². The molecule has 2 aromatic heterocycles. The molecule has 136 valence electrons. The Bertz CT molecular complexity index is 1040. The van der Waals surface area contributed by atoms with E-state index in [1.807, 2.05) is 18.2 Å². The molecule has 0 saturated carbocycles. The van der Waals surface area contributed by atoms with Crippen LogP contribution in [0.3, 0.4) is 0 Å². The van der Waals surface area contributed by atoms with Crippen LogP contribution in [0.1, 0.15) is 22.3 Å². The van der Waals surface area contributed by atoms with Crippen molar-refractivity contribution >= 4 is 16.9 Å². The van der Waals surface area contributed by atoms with Gasteiger partial charge in [-0.05, 0) is 36.4 Å². The van der Waals surface area contributed by atoms with Crippen molar-refractivity contribution in [1.29, 1.82) is 0 Å². The number of carbonyl (C=O) groups excluding carboxylic acids is 1. The molecule has 4 aromatic rings. The monoisotopic (exact) mass is 368 g/mol. The topological polar surface area (TPSA) is 87.6 Å². The predicted octanol–water partition coefficient (Wildman–Crippen LogP) is 3.89. The van der Waals surface area contributed by atoms with Crippen molar-refractivity contribution in [3.63, 3.8) is 0 Å². The predicted molar refractivity (Wildman–Crippen MR) is 90.4 cm³/mol. The normalized spacial score (nSPS) is 10.9. The third kappa shape index (κ3) is 3.95. The number of aromatic nitrogens is 2. The first-order chi connectivity index (χ1) is 13.2. The zero-order valence-electron chi connectivity index (χ0n) is 13.9. The molecule has 0 radical (unpaired) electrons. The van der Waals surface area contributed by atoms with Crippen molar-refractivity contribution in [1.82, 2.24) is 10.1 Å². The molecule has 0 bridgehead atoms. The first kappa shape index (κ1) is 16.8. The van der Waals surface area contributed by atoms with E-state index in [0.29, 0.717) is 11.3 Å². The van der Waals surface area contributed by atoms with E-state index in [2.05, 4.69) is 10.1 Å². The molecule has 0 spiro atoms. The highest BCUT2D eigenvalue weighted by molar-refractivity contribution is 5.92. The lowest BCUT2D eigenvalue weighted by molar-refractivity contribution is 0.0396. The second-order valence-electron chi connectivity index (χ2n) is 5.57. The zero-order valence-corrected chi connectivity index (χ0v) is 13.9. The summed E-state index contributed by atoms with van der Waals surface area (Å²) in [5.74, 6) is -0.0232. The second kappa shape index (κ2) is 7.28. The van der Waals surface area contributed by atoms with Gasteiger partial charge in [-0.25, -0.2) is 9.18 Å². The number of ether oxygens (including phenoxy) is 2. The van der Waals surface area contributed by atoms with Crippen molar-refractivity contribution in [2.75, 3.05) is 0 Å². The summed E-state index contributed by atoms with van der Waals surface area (Å²) in [4.78, 5) is 16.1. The first-order valence-corrected chi connectivity index (χ1v) is 8.03. The number of fused-ring (bicyclic) bond motifs is 1. The average molecular weight is 368 g/mol. The first-order valence-electron chi connectivity index (χ1n) is 8.03. The van der Waals surface area contributed by atoms with Crippen LogP contribution < -0.4 is 4.74 Å². The van der Waals surface area contributed by atoms with E-state index < -0.39 is 5.97 Å². The molecule has 4 rings (SSSR count). The maximum absolute atomic E-state index is 12.8. The number of carbonyl (C=O) groups is 1. The minimum atomic E-state index is -0.631. The summed E-state index contributed by atoms with van der Waals surface area (Å²) < 4.78 is 33.8. The van der Waals surface area contributed by atoms with Crippen LogP contribution in [0.2, 0.25) is 0 Å². The minimum Gasteiger partial charge on any atom is -0.485 e. The number of hydrogen-bond acceptors (Lipinski definition) is 7. The second-order valence-corrected chi connectivity index (χ2v) is 5.57. The molecule has 0 atom stereocenters. The van der Waals surface area contributed by atoms with Gasteiger partial charge in [0.2, 0.25) is 11.6 Å². The van der Waals surface area contributed by atoms with Crippen LogP contribution in [0.5, 0.6) is 5.75 Å². The van der Waals surface area contributed by atoms with Gasteiger partial charge in [-0.1, -0.05) is 23.4 Å². The molecule has 0 N–H and O–H groups in total. The maximum atomic E-state index is 12.8. The number of nitrogens with zero attached hydrogens (tertiary/aromatic N) is 2. The number of rotatable bonds is 6. The fourth-order valence-corrected chi connectivity index (χ4v) is 2.37. The third-order valence-electron chi connectivity index (χ3n) is 3.65. The summed E-state index contributed by atoms with van der Waals surface area (Å²) in [7, 11) is 0. The third-order valence-corrected chi connectivity index (χ3v) is 3.65. The Kier molecular flexibility index (Phi) is 4.52. The van der Waals surface area contributed by atoms with E-state index in [4.69, 9.17) is 18.4 Å². The van der Waals surface area contributed by atoms with Gasteiger partial charge in [0.1, 0.15) is 17.1 Å². The molecule has 7 nitrogen and oxygen atoms in total. The van der Waals surface area contributed by atoms with Gasteiger partial charge in [0.15, 0.2) is 13.2 Å². The summed E-state index contributed by atoms with van der Waals surface area (Å²) in [5.41, 5.74) is 0.600. The summed E-state index contributed by atoms with van der Waals surface area (Å²) >= 11 is 0. The highest BCUT2D eigenvalue weighted by atomic mass is 19.1. The molecule has 0 aliphatic rings. The molecule has 0 aliphatic carbocycles. The van der Waals surface area contributed by atoms with Crippen molar-refractivity contribution in [2.45, 2.75) is 13.2 Å². The molecule has 0 aliphatic heterocycles. The molecule has 0 amide bonds. The van der Waals surface area contributed by atoms with Crippen molar-refractivity contribution < 1.29 is 27.6 Å². The Morgan fingerprint density at radius 1 is 1.07 bits per heavy atom. The fraction of sp³-hybridized carbons (Fsp3) is 0.105. The van der Waals surface area contributed by atoms with Gasteiger partial charge in [-0.15, -0.1) is 0 Å². The number of benzene rings is 2. The van der Waals surface area contributed by atoms with Gasteiger partial charge >= 0.3 is 5.97 Å². The van der Waals surface area contributed by atoms with E-state index in [1.54, 1.807) is 12.1 Å². The van der Waals surface area contributed by atoms with E-state index >= 15 is 0 Å². The summed E-state index contributed by atoms with van der Waals surface area (Å²) in [6, 6.07) is 14.4. The number of halogens is 1.